The lowest BCUT2D eigenvalue weighted by atomic mass is 10.2. The Morgan fingerprint density at radius 2 is 0.812 bits per heavy atom. The van der Waals surface area contributed by atoms with Crippen LogP contribution in [0.15, 0.2) is 98.1 Å². The number of hydrogen-bond acceptors (Lipinski definition) is 20. The van der Waals surface area contributed by atoms with Gasteiger partial charge in [-0.1, -0.05) is 12.1 Å². The zero-order valence-corrected chi connectivity index (χ0v) is 49.0. The van der Waals surface area contributed by atoms with Gasteiger partial charge in [0.15, 0.2) is 43.0 Å². The van der Waals surface area contributed by atoms with Crippen molar-refractivity contribution in [2.24, 2.45) is 0 Å². The predicted octanol–water partition coefficient (Wildman–Crippen LogP) is 8.45. The second-order valence-electron chi connectivity index (χ2n) is 19.5. The van der Waals surface area contributed by atoms with Crippen LogP contribution in [0.1, 0.15) is 99.3 Å². The normalized spacial score (nSPS) is 13.3. The van der Waals surface area contributed by atoms with Crippen molar-refractivity contribution in [3.63, 3.8) is 0 Å². The Kier molecular flexibility index (Phi) is 19.4. The number of benzene rings is 2. The molecule has 8 aromatic rings. The number of rotatable bonds is 22. The molecule has 424 valence electrons. The van der Waals surface area contributed by atoms with Crippen LogP contribution in [0.4, 0.5) is 0 Å². The van der Waals surface area contributed by atoms with E-state index < -0.39 is 53.9 Å². The molecule has 0 aliphatic carbocycles. The molecule has 0 aliphatic rings. The second kappa shape index (κ2) is 26.0. The average molecular weight is 1130 g/mol. The topological polar surface area (TPSA) is 262 Å². The van der Waals surface area contributed by atoms with Crippen LogP contribution in [0.5, 0.6) is 23.0 Å². The Labute approximate surface area is 467 Å². The van der Waals surface area contributed by atoms with E-state index in [2.05, 4.69) is 50.3 Å². The minimum atomic E-state index is -3.88. The molecule has 0 aliphatic heterocycles. The first-order valence-corrected chi connectivity index (χ1v) is 29.0. The van der Waals surface area contributed by atoms with E-state index in [9.17, 15) is 16.8 Å². The third kappa shape index (κ3) is 13.8. The Morgan fingerprint density at radius 3 is 1.10 bits per heavy atom. The van der Waals surface area contributed by atoms with Crippen molar-refractivity contribution < 1.29 is 45.3 Å². The van der Waals surface area contributed by atoms with Crippen LogP contribution in [0, 0.1) is 27.7 Å². The maximum atomic E-state index is 14.0. The number of para-hydroxylation sites is 2. The lowest BCUT2D eigenvalue weighted by Crippen LogP contribution is -2.31. The highest BCUT2D eigenvalue weighted by molar-refractivity contribution is 7.91. The average Bonchev–Trinajstić information content (AvgIpc) is 4.04. The number of ether oxygens (including phenoxy) is 6. The number of nitrogens with zero attached hydrogens (tertiary/aromatic N) is 12. The molecule has 0 fully saturated rings. The monoisotopic (exact) mass is 1130 g/mol. The molecule has 8 rings (SSSR count). The third-order valence-corrected chi connectivity index (χ3v) is 16.7. The summed E-state index contributed by atoms with van der Waals surface area (Å²) >= 11 is 0. The standard InChI is InChI=1S/2C28H34N6O5S/c2*1-17(2)39-27(22-15-30-19(4)13-31-22)20(5)40(35,36)16-25-32-33-28(21-11-18(3)12-29-14-21)34(25)26-23(37-6)9-8-10-24(26)38-7/h2*8-15,17,20,27H,16H2,1-7H3/t2*20-,27+/m10/s1. The van der Waals surface area contributed by atoms with Crippen molar-refractivity contribution in [3.8, 4) is 57.1 Å². The van der Waals surface area contributed by atoms with Gasteiger partial charge in [0, 0.05) is 48.3 Å². The molecule has 0 saturated carbocycles. The fourth-order valence-corrected chi connectivity index (χ4v) is 11.4. The van der Waals surface area contributed by atoms with Gasteiger partial charge in [0.2, 0.25) is 0 Å². The summed E-state index contributed by atoms with van der Waals surface area (Å²) in [6, 6.07) is 14.4. The minimum absolute atomic E-state index is 0.185. The molecule has 0 amide bonds. The molecule has 0 bridgehead atoms. The highest BCUT2D eigenvalue weighted by Gasteiger charge is 2.38. The molecule has 4 atom stereocenters. The van der Waals surface area contributed by atoms with E-state index in [0.717, 1.165) is 22.5 Å². The van der Waals surface area contributed by atoms with E-state index in [1.165, 1.54) is 28.4 Å². The Morgan fingerprint density at radius 1 is 0.463 bits per heavy atom. The zero-order valence-electron chi connectivity index (χ0n) is 47.4. The summed E-state index contributed by atoms with van der Waals surface area (Å²) in [4.78, 5) is 26.0. The maximum absolute atomic E-state index is 14.0. The largest absolute Gasteiger partial charge is 0.494 e. The van der Waals surface area contributed by atoms with Gasteiger partial charge < -0.3 is 28.4 Å². The van der Waals surface area contributed by atoms with Gasteiger partial charge in [0.1, 0.15) is 58.1 Å². The molecule has 6 aromatic heterocycles. The van der Waals surface area contributed by atoms with Crippen LogP contribution < -0.4 is 18.9 Å². The Hall–Kier alpha value is -7.80. The summed E-state index contributed by atoms with van der Waals surface area (Å²) < 4.78 is 93.9. The molecule has 22 nitrogen and oxygen atoms in total. The van der Waals surface area contributed by atoms with Crippen LogP contribution >= 0.6 is 0 Å². The van der Waals surface area contributed by atoms with E-state index in [0.29, 0.717) is 68.5 Å². The van der Waals surface area contributed by atoms with Crippen molar-refractivity contribution in [2.45, 2.75) is 116 Å². The number of aromatic nitrogens is 12. The van der Waals surface area contributed by atoms with Crippen molar-refractivity contribution in [2.75, 3.05) is 28.4 Å². The SMILES string of the molecule is COc1cccc(OC)c1-n1c(CS(=O)(=O)[C@@H](C)[C@@H](OC(C)C)c2cnc(C)cn2)nnc1-c1cncc(C)c1.COc1cccc(OC)c1-n1c(CS(=O)(=O)[C@H](C)[C@H](OC(C)C)c2cnc(C)cn2)nnc1-c1cncc(C)c1. The van der Waals surface area contributed by atoms with Crippen molar-refractivity contribution in [1.82, 2.24) is 59.4 Å². The molecule has 0 unspecified atom stereocenters. The Bertz CT molecular complexity index is 3330. The van der Waals surface area contributed by atoms with Gasteiger partial charge in [-0.3, -0.25) is 39.0 Å². The summed E-state index contributed by atoms with van der Waals surface area (Å²) in [6.45, 7) is 18.1. The fraction of sp³-hybridized carbons (Fsp3) is 0.393. The molecule has 80 heavy (non-hydrogen) atoms. The van der Waals surface area contributed by atoms with Gasteiger partial charge in [-0.05, 0) is 117 Å². The molecular formula is C56H68N12O10S2. The predicted molar refractivity (Wildman–Crippen MR) is 300 cm³/mol. The molecule has 0 spiro atoms. The van der Waals surface area contributed by atoms with E-state index in [1.54, 1.807) is 109 Å². The maximum Gasteiger partial charge on any atom is 0.170 e. The summed E-state index contributed by atoms with van der Waals surface area (Å²) in [5.41, 5.74) is 6.42. The molecule has 0 radical (unpaired) electrons. The summed E-state index contributed by atoms with van der Waals surface area (Å²) in [5.74, 6) is 2.15. The van der Waals surface area contributed by atoms with Crippen LogP contribution in [0.25, 0.3) is 34.2 Å². The van der Waals surface area contributed by atoms with Crippen molar-refractivity contribution in [1.29, 1.82) is 0 Å². The quantitative estimate of drug-likeness (QED) is 0.0616. The first kappa shape index (κ1) is 59.9. The van der Waals surface area contributed by atoms with Crippen LogP contribution in [0.2, 0.25) is 0 Å². The zero-order chi connectivity index (χ0) is 58.1. The van der Waals surface area contributed by atoms with Gasteiger partial charge in [0.25, 0.3) is 0 Å². The fourth-order valence-electron chi connectivity index (χ4n) is 8.65. The first-order chi connectivity index (χ1) is 38.1. The lowest BCUT2D eigenvalue weighted by Gasteiger charge is -2.26. The minimum Gasteiger partial charge on any atom is -0.494 e. The lowest BCUT2D eigenvalue weighted by molar-refractivity contribution is 0.00360. The van der Waals surface area contributed by atoms with Gasteiger partial charge in [-0.15, -0.1) is 20.4 Å². The molecule has 0 saturated heterocycles. The second-order valence-corrected chi connectivity index (χ2v) is 24.2. The smallest absolute Gasteiger partial charge is 0.170 e. The molecule has 24 heteroatoms. The number of methoxy groups -OCH3 is 4. The number of pyridine rings is 2. The van der Waals surface area contributed by atoms with Gasteiger partial charge >= 0.3 is 0 Å². The van der Waals surface area contributed by atoms with Gasteiger partial charge in [-0.25, -0.2) is 16.8 Å². The highest BCUT2D eigenvalue weighted by Crippen LogP contribution is 2.40. The van der Waals surface area contributed by atoms with E-state index in [-0.39, 0.29) is 23.9 Å². The van der Waals surface area contributed by atoms with Crippen LogP contribution in [0.3, 0.4) is 0 Å². The molecular weight excluding hydrogens is 1060 g/mol. The van der Waals surface area contributed by atoms with Gasteiger partial charge in [-0.2, -0.15) is 0 Å². The van der Waals surface area contributed by atoms with E-state index in [4.69, 9.17) is 28.4 Å². The molecule has 6 heterocycles. The first-order valence-electron chi connectivity index (χ1n) is 25.6. The highest BCUT2D eigenvalue weighted by atomic mass is 32.2. The van der Waals surface area contributed by atoms with E-state index in [1.807, 2.05) is 67.5 Å². The van der Waals surface area contributed by atoms with Crippen molar-refractivity contribution >= 4 is 19.7 Å². The summed E-state index contributed by atoms with van der Waals surface area (Å²) in [7, 11) is -1.62. The van der Waals surface area contributed by atoms with E-state index >= 15 is 0 Å². The summed E-state index contributed by atoms with van der Waals surface area (Å²) in [5, 5.41) is 15.6. The van der Waals surface area contributed by atoms with Crippen LogP contribution in [-0.4, -0.2) is 127 Å². The van der Waals surface area contributed by atoms with Crippen molar-refractivity contribution in [3.05, 3.63) is 144 Å². The number of hydrogen-bond donors (Lipinski definition) is 0. The third-order valence-electron chi connectivity index (χ3n) is 12.6. The molecule has 0 N–H and O–H groups in total. The number of aryl methyl sites for hydroxylation is 4. The summed E-state index contributed by atoms with van der Waals surface area (Å²) in [6.07, 6.45) is 10.9. The molecule has 2 aromatic carbocycles. The van der Waals surface area contributed by atoms with Gasteiger partial charge in [0.05, 0.1) is 86.3 Å². The van der Waals surface area contributed by atoms with Crippen LogP contribution in [-0.2, 0) is 40.7 Å². The number of sulfone groups is 2. The Balaban J connectivity index is 0.000000231.